The van der Waals surface area contributed by atoms with E-state index in [2.05, 4.69) is 0 Å². The van der Waals surface area contributed by atoms with Crippen LogP contribution in [0.4, 0.5) is 0 Å². The van der Waals surface area contributed by atoms with Crippen LogP contribution in [0.2, 0.25) is 0 Å². The Morgan fingerprint density at radius 1 is 1.22 bits per heavy atom. The van der Waals surface area contributed by atoms with Crippen LogP contribution in [-0.4, -0.2) is 11.2 Å². The monoisotopic (exact) mass is 122 g/mol. The van der Waals surface area contributed by atoms with Gasteiger partial charge in [0.2, 0.25) is 0 Å². The highest BCUT2D eigenvalue weighted by Crippen LogP contribution is 2.46. The molecule has 1 aliphatic heterocycles. The summed E-state index contributed by atoms with van der Waals surface area (Å²) in [6.07, 6.45) is 0. The minimum absolute atomic E-state index is 0.559. The third-order valence-electron chi connectivity index (χ3n) is 1.53. The quantitative estimate of drug-likeness (QED) is 0.441. The van der Waals surface area contributed by atoms with Crippen molar-refractivity contribution in [3.8, 4) is 12.1 Å². The molecule has 0 bridgehead atoms. The summed E-state index contributed by atoms with van der Waals surface area (Å²) in [5.41, 5.74) is -1.72. The van der Waals surface area contributed by atoms with E-state index in [1.165, 1.54) is 0 Å². The second kappa shape index (κ2) is 1.26. The molecule has 1 aliphatic rings. The first-order valence-electron chi connectivity index (χ1n) is 2.61. The zero-order chi connectivity index (χ0) is 7.12. The molecule has 1 saturated heterocycles. The molecule has 0 aromatic rings. The molecular formula is C6H6N2O. The molecule has 0 aliphatic carbocycles. The fraction of sp³-hybridized carbons (Fsp3) is 0.667. The highest BCUT2D eigenvalue weighted by Gasteiger charge is 2.66. The van der Waals surface area contributed by atoms with Crippen LogP contribution in [0, 0.1) is 22.7 Å². The van der Waals surface area contributed by atoms with E-state index < -0.39 is 11.2 Å². The Kier molecular flexibility index (Phi) is 0.849. The molecule has 46 valence electrons. The lowest BCUT2D eigenvalue weighted by molar-refractivity contribution is 0.321. The van der Waals surface area contributed by atoms with Gasteiger partial charge in [0.15, 0.2) is 0 Å². The van der Waals surface area contributed by atoms with Gasteiger partial charge in [0, 0.05) is 0 Å². The van der Waals surface area contributed by atoms with Gasteiger partial charge in [-0.05, 0) is 13.8 Å². The lowest BCUT2D eigenvalue weighted by Gasteiger charge is -1.89. The fourth-order valence-electron chi connectivity index (χ4n) is 0.697. The van der Waals surface area contributed by atoms with Crippen LogP contribution in [-0.2, 0) is 4.74 Å². The van der Waals surface area contributed by atoms with Gasteiger partial charge in [-0.1, -0.05) is 0 Å². The molecule has 0 saturated carbocycles. The van der Waals surface area contributed by atoms with E-state index in [9.17, 15) is 0 Å². The van der Waals surface area contributed by atoms with Crippen molar-refractivity contribution in [3.05, 3.63) is 0 Å². The molecule has 3 nitrogen and oxygen atoms in total. The van der Waals surface area contributed by atoms with E-state index in [0.29, 0.717) is 0 Å². The lowest BCUT2D eigenvalue weighted by atomic mass is 10.00. The molecule has 1 heterocycles. The van der Waals surface area contributed by atoms with Gasteiger partial charge in [-0.2, -0.15) is 10.5 Å². The number of nitriles is 2. The van der Waals surface area contributed by atoms with Crippen LogP contribution in [0.3, 0.4) is 0 Å². The van der Waals surface area contributed by atoms with Crippen molar-refractivity contribution in [3.63, 3.8) is 0 Å². The molecule has 3 heteroatoms. The summed E-state index contributed by atoms with van der Waals surface area (Å²) in [5.74, 6) is 0. The van der Waals surface area contributed by atoms with Crippen molar-refractivity contribution in [1.29, 1.82) is 10.5 Å². The predicted octanol–water partition coefficient (Wildman–Crippen LogP) is 0.581. The minimum atomic E-state index is -1.16. The lowest BCUT2D eigenvalue weighted by Crippen LogP contribution is -2.15. The first kappa shape index (κ1) is 6.07. The molecule has 0 radical (unpaired) electrons. The maximum absolute atomic E-state index is 8.39. The van der Waals surface area contributed by atoms with E-state index in [4.69, 9.17) is 15.3 Å². The maximum Gasteiger partial charge on any atom is 0.270 e. The normalized spacial score (nSPS) is 25.8. The first-order valence-corrected chi connectivity index (χ1v) is 2.61. The zero-order valence-electron chi connectivity index (χ0n) is 5.30. The highest BCUT2D eigenvalue weighted by atomic mass is 16.6. The second-order valence-corrected chi connectivity index (χ2v) is 2.52. The molecule has 9 heavy (non-hydrogen) atoms. The summed E-state index contributed by atoms with van der Waals surface area (Å²) in [5, 5.41) is 16.8. The van der Waals surface area contributed by atoms with Crippen molar-refractivity contribution in [2.75, 3.05) is 0 Å². The Labute approximate surface area is 53.5 Å². The molecule has 1 rings (SSSR count). The van der Waals surface area contributed by atoms with Crippen molar-refractivity contribution in [1.82, 2.24) is 0 Å². The summed E-state index contributed by atoms with van der Waals surface area (Å²) in [4.78, 5) is 0. The van der Waals surface area contributed by atoms with E-state index in [0.717, 1.165) is 0 Å². The predicted molar refractivity (Wildman–Crippen MR) is 29.1 cm³/mol. The van der Waals surface area contributed by atoms with Crippen molar-refractivity contribution in [2.45, 2.75) is 25.0 Å². The van der Waals surface area contributed by atoms with Gasteiger partial charge in [-0.15, -0.1) is 0 Å². The topological polar surface area (TPSA) is 60.1 Å². The summed E-state index contributed by atoms with van der Waals surface area (Å²) in [6, 6.07) is 3.62. The molecule has 0 atom stereocenters. The van der Waals surface area contributed by atoms with Crippen molar-refractivity contribution in [2.24, 2.45) is 0 Å². The third kappa shape index (κ3) is 0.526. The van der Waals surface area contributed by atoms with Crippen molar-refractivity contribution < 1.29 is 4.74 Å². The molecule has 1 fully saturated rings. The van der Waals surface area contributed by atoms with Gasteiger partial charge in [0.1, 0.15) is 17.7 Å². The van der Waals surface area contributed by atoms with E-state index in [1.54, 1.807) is 13.8 Å². The van der Waals surface area contributed by atoms with Gasteiger partial charge in [0.25, 0.3) is 5.60 Å². The van der Waals surface area contributed by atoms with Crippen LogP contribution < -0.4 is 0 Å². The largest absolute Gasteiger partial charge is 0.334 e. The molecule has 0 N–H and O–H groups in total. The third-order valence-corrected chi connectivity index (χ3v) is 1.53. The molecule has 0 spiro atoms. The van der Waals surface area contributed by atoms with Gasteiger partial charge < -0.3 is 4.74 Å². The molecular weight excluding hydrogens is 116 g/mol. The molecule has 0 aromatic carbocycles. The minimum Gasteiger partial charge on any atom is -0.334 e. The summed E-state index contributed by atoms with van der Waals surface area (Å²) >= 11 is 0. The highest BCUT2D eigenvalue weighted by molar-refractivity contribution is 5.35. The summed E-state index contributed by atoms with van der Waals surface area (Å²) in [7, 11) is 0. The Hall–Kier alpha value is -1.06. The van der Waals surface area contributed by atoms with Crippen LogP contribution in [0.25, 0.3) is 0 Å². The van der Waals surface area contributed by atoms with E-state index in [1.807, 2.05) is 12.1 Å². The van der Waals surface area contributed by atoms with Gasteiger partial charge in [-0.25, -0.2) is 0 Å². The maximum atomic E-state index is 8.39. The average molecular weight is 122 g/mol. The SMILES string of the molecule is CC1(C)OC1(C#N)C#N. The Morgan fingerprint density at radius 3 is 1.56 bits per heavy atom. The zero-order valence-corrected chi connectivity index (χ0v) is 5.30. The van der Waals surface area contributed by atoms with Crippen LogP contribution in [0.15, 0.2) is 0 Å². The Bertz CT molecular complexity index is 204. The molecule has 0 unspecified atom stereocenters. The second-order valence-electron chi connectivity index (χ2n) is 2.52. The van der Waals surface area contributed by atoms with E-state index >= 15 is 0 Å². The number of rotatable bonds is 0. The van der Waals surface area contributed by atoms with Gasteiger partial charge in [-0.3, -0.25) is 0 Å². The van der Waals surface area contributed by atoms with Gasteiger partial charge in [0.05, 0.1) is 0 Å². The summed E-state index contributed by atoms with van der Waals surface area (Å²) < 4.78 is 4.87. The van der Waals surface area contributed by atoms with Gasteiger partial charge >= 0.3 is 0 Å². The van der Waals surface area contributed by atoms with Crippen molar-refractivity contribution >= 4 is 0 Å². The van der Waals surface area contributed by atoms with Crippen LogP contribution >= 0.6 is 0 Å². The molecule has 0 aromatic heterocycles. The van der Waals surface area contributed by atoms with Crippen LogP contribution in [0.5, 0.6) is 0 Å². The number of hydrogen-bond acceptors (Lipinski definition) is 3. The molecule has 0 amide bonds. The number of ether oxygens (including phenoxy) is 1. The Morgan fingerprint density at radius 2 is 1.56 bits per heavy atom. The first-order chi connectivity index (χ1) is 4.08. The standard InChI is InChI=1S/C6H6N2O/c1-5(2)6(3-7,4-8)9-5/h1-2H3. The number of epoxide rings is 1. The average Bonchev–Trinajstić information content (AvgIpc) is 2.35. The Balaban J connectivity index is 2.88. The van der Waals surface area contributed by atoms with Crippen LogP contribution in [0.1, 0.15) is 13.8 Å². The fourth-order valence-corrected chi connectivity index (χ4v) is 0.697. The number of nitrogens with zero attached hydrogens (tertiary/aromatic N) is 2. The number of hydrogen-bond donors (Lipinski definition) is 0. The summed E-state index contributed by atoms with van der Waals surface area (Å²) in [6.45, 7) is 3.44. The van der Waals surface area contributed by atoms with E-state index in [-0.39, 0.29) is 0 Å². The smallest absolute Gasteiger partial charge is 0.270 e.